The largest absolute Gasteiger partial charge is 0.323 e. The van der Waals surface area contributed by atoms with Crippen LogP contribution in [0.25, 0.3) is 0 Å². The summed E-state index contributed by atoms with van der Waals surface area (Å²) < 4.78 is 0. The molecular weight excluding hydrogens is 154 g/mol. The quantitative estimate of drug-likeness (QED) is 0.673. The summed E-state index contributed by atoms with van der Waals surface area (Å²) in [5.74, 6) is 0. The molecule has 3 heteroatoms. The van der Waals surface area contributed by atoms with Gasteiger partial charge in [0.25, 0.3) is 0 Å². The van der Waals surface area contributed by atoms with Crippen LogP contribution in [0.15, 0.2) is 11.4 Å². The number of thiophene rings is 1. The molecule has 1 aromatic rings. The van der Waals surface area contributed by atoms with Crippen LogP contribution in [0.2, 0.25) is 5.02 Å². The molecule has 0 amide bonds. The van der Waals surface area contributed by atoms with E-state index in [2.05, 4.69) is 0 Å². The molecule has 0 saturated heterocycles. The molecule has 9 heavy (non-hydrogen) atoms. The molecule has 1 atom stereocenters. The second kappa shape index (κ2) is 2.69. The second-order valence-corrected chi connectivity index (χ2v) is 3.28. The third-order valence-electron chi connectivity index (χ3n) is 1.06. The molecule has 0 bridgehead atoms. The Balaban J connectivity index is 2.94. The Morgan fingerprint density at radius 2 is 2.44 bits per heavy atom. The van der Waals surface area contributed by atoms with Crippen molar-refractivity contribution in [2.24, 2.45) is 5.73 Å². The van der Waals surface area contributed by atoms with Crippen LogP contribution in [0.4, 0.5) is 0 Å². The number of halogens is 1. The Kier molecular flexibility index (Phi) is 2.11. The predicted octanol–water partition coefficient (Wildman–Crippen LogP) is 2.42. The van der Waals surface area contributed by atoms with Gasteiger partial charge in [0.15, 0.2) is 0 Å². The van der Waals surface area contributed by atoms with E-state index >= 15 is 0 Å². The van der Waals surface area contributed by atoms with Gasteiger partial charge in [0.2, 0.25) is 0 Å². The van der Waals surface area contributed by atoms with Crippen molar-refractivity contribution in [2.75, 3.05) is 0 Å². The summed E-state index contributed by atoms with van der Waals surface area (Å²) in [5.41, 5.74) is 5.58. The lowest BCUT2D eigenvalue weighted by atomic mass is 10.3. The zero-order chi connectivity index (χ0) is 6.85. The first-order valence-electron chi connectivity index (χ1n) is 2.70. The average molecular weight is 162 g/mol. The summed E-state index contributed by atoms with van der Waals surface area (Å²) in [6, 6.07) is 1.93. The number of nitrogens with two attached hydrogens (primary N) is 1. The molecule has 1 aromatic heterocycles. The molecule has 1 heterocycles. The van der Waals surface area contributed by atoms with Crippen LogP contribution < -0.4 is 5.73 Å². The van der Waals surface area contributed by atoms with Crippen LogP contribution in [0.1, 0.15) is 17.8 Å². The van der Waals surface area contributed by atoms with E-state index < -0.39 is 0 Å². The smallest absolute Gasteiger partial charge is 0.0560 e. The fourth-order valence-corrected chi connectivity index (χ4v) is 1.82. The number of rotatable bonds is 1. The maximum Gasteiger partial charge on any atom is 0.0560 e. The summed E-state index contributed by atoms with van der Waals surface area (Å²) in [4.78, 5) is 1.07. The molecule has 2 N–H and O–H groups in total. The zero-order valence-corrected chi connectivity index (χ0v) is 6.67. The highest BCUT2D eigenvalue weighted by Gasteiger charge is 2.04. The van der Waals surface area contributed by atoms with Crippen molar-refractivity contribution in [3.63, 3.8) is 0 Å². The molecule has 0 radical (unpaired) electrons. The lowest BCUT2D eigenvalue weighted by Gasteiger charge is -1.99. The number of hydrogen-bond acceptors (Lipinski definition) is 2. The summed E-state index contributed by atoms with van der Waals surface area (Å²) in [6.45, 7) is 1.93. The van der Waals surface area contributed by atoms with Crippen molar-refractivity contribution in [1.82, 2.24) is 0 Å². The molecule has 0 aromatic carbocycles. The van der Waals surface area contributed by atoms with E-state index in [9.17, 15) is 0 Å². The van der Waals surface area contributed by atoms with E-state index in [-0.39, 0.29) is 6.04 Å². The summed E-state index contributed by atoms with van der Waals surface area (Å²) >= 11 is 7.37. The number of hydrogen-bond donors (Lipinski definition) is 1. The topological polar surface area (TPSA) is 26.0 Å². The van der Waals surface area contributed by atoms with Crippen LogP contribution in [0, 0.1) is 0 Å². The van der Waals surface area contributed by atoms with Gasteiger partial charge >= 0.3 is 0 Å². The maximum atomic E-state index is 5.77. The van der Waals surface area contributed by atoms with Gasteiger partial charge in [-0.2, -0.15) is 0 Å². The van der Waals surface area contributed by atoms with Gasteiger partial charge < -0.3 is 5.73 Å². The second-order valence-electron chi connectivity index (χ2n) is 1.92. The highest BCUT2D eigenvalue weighted by Crippen LogP contribution is 2.26. The van der Waals surface area contributed by atoms with Crippen molar-refractivity contribution in [3.8, 4) is 0 Å². The van der Waals surface area contributed by atoms with Crippen molar-refractivity contribution >= 4 is 22.9 Å². The zero-order valence-electron chi connectivity index (χ0n) is 5.10. The Labute approximate surface area is 63.4 Å². The van der Waals surface area contributed by atoms with Gasteiger partial charge in [-0.15, -0.1) is 11.3 Å². The standard InChI is InChI=1S/C6H8ClNS/c1-4(8)6-5(7)2-3-9-6/h2-4H,8H2,1H3/t4-/m0/s1. The fraction of sp³-hybridized carbons (Fsp3) is 0.333. The molecule has 1 rings (SSSR count). The van der Waals surface area contributed by atoms with E-state index in [1.807, 2.05) is 18.4 Å². The van der Waals surface area contributed by atoms with E-state index in [0.717, 1.165) is 9.90 Å². The van der Waals surface area contributed by atoms with Gasteiger partial charge in [-0.05, 0) is 18.4 Å². The molecule has 0 aliphatic rings. The Morgan fingerprint density at radius 3 is 2.67 bits per heavy atom. The highest BCUT2D eigenvalue weighted by atomic mass is 35.5. The van der Waals surface area contributed by atoms with Crippen molar-refractivity contribution < 1.29 is 0 Å². The Hall–Kier alpha value is -0.0500. The van der Waals surface area contributed by atoms with Crippen LogP contribution in [0.3, 0.4) is 0 Å². The molecule has 0 unspecified atom stereocenters. The molecule has 0 aliphatic carbocycles. The van der Waals surface area contributed by atoms with Gasteiger partial charge in [0, 0.05) is 10.9 Å². The van der Waals surface area contributed by atoms with Crippen LogP contribution in [-0.4, -0.2) is 0 Å². The first kappa shape index (κ1) is 7.06. The maximum absolute atomic E-state index is 5.77. The Morgan fingerprint density at radius 1 is 1.78 bits per heavy atom. The fourth-order valence-electron chi connectivity index (χ4n) is 0.630. The predicted molar refractivity (Wildman–Crippen MR) is 41.9 cm³/mol. The molecule has 0 saturated carbocycles. The first-order chi connectivity index (χ1) is 4.22. The normalized spacial score (nSPS) is 13.7. The SMILES string of the molecule is C[C@H](N)c1sccc1Cl. The van der Waals surface area contributed by atoms with Gasteiger partial charge in [-0.3, -0.25) is 0 Å². The van der Waals surface area contributed by atoms with Gasteiger partial charge in [0.05, 0.1) is 5.02 Å². The van der Waals surface area contributed by atoms with Crippen molar-refractivity contribution in [2.45, 2.75) is 13.0 Å². The summed E-state index contributed by atoms with van der Waals surface area (Å²) in [5, 5.41) is 2.73. The minimum absolute atomic E-state index is 0.0671. The van der Waals surface area contributed by atoms with Crippen LogP contribution in [-0.2, 0) is 0 Å². The summed E-state index contributed by atoms with van der Waals surface area (Å²) in [6.07, 6.45) is 0. The molecule has 0 fully saturated rings. The van der Waals surface area contributed by atoms with Crippen molar-refractivity contribution in [3.05, 3.63) is 21.3 Å². The highest BCUT2D eigenvalue weighted by molar-refractivity contribution is 7.10. The van der Waals surface area contributed by atoms with Gasteiger partial charge in [0.1, 0.15) is 0 Å². The third kappa shape index (κ3) is 1.45. The summed E-state index contributed by atoms with van der Waals surface area (Å²) in [7, 11) is 0. The molecule has 0 aliphatic heterocycles. The van der Waals surface area contributed by atoms with E-state index in [1.165, 1.54) is 0 Å². The van der Waals surface area contributed by atoms with Crippen molar-refractivity contribution in [1.29, 1.82) is 0 Å². The monoisotopic (exact) mass is 161 g/mol. The molecule has 1 nitrogen and oxygen atoms in total. The van der Waals surface area contributed by atoms with Gasteiger partial charge in [-0.1, -0.05) is 11.6 Å². The molecular formula is C6H8ClNS. The van der Waals surface area contributed by atoms with Crippen LogP contribution >= 0.6 is 22.9 Å². The Bertz CT molecular complexity index is 195. The lowest BCUT2D eigenvalue weighted by Crippen LogP contribution is -2.02. The van der Waals surface area contributed by atoms with E-state index in [1.54, 1.807) is 11.3 Å². The average Bonchev–Trinajstić information content (AvgIpc) is 2.13. The molecule has 50 valence electrons. The van der Waals surface area contributed by atoms with Crippen LogP contribution in [0.5, 0.6) is 0 Å². The lowest BCUT2D eigenvalue weighted by molar-refractivity contribution is 0.839. The minimum Gasteiger partial charge on any atom is -0.323 e. The van der Waals surface area contributed by atoms with E-state index in [4.69, 9.17) is 17.3 Å². The van der Waals surface area contributed by atoms with E-state index in [0.29, 0.717) is 0 Å². The minimum atomic E-state index is 0.0671. The first-order valence-corrected chi connectivity index (χ1v) is 3.96. The van der Waals surface area contributed by atoms with Gasteiger partial charge in [-0.25, -0.2) is 0 Å². The third-order valence-corrected chi connectivity index (χ3v) is 2.62. The molecule has 0 spiro atoms.